The zero-order chi connectivity index (χ0) is 33.6. The van der Waals surface area contributed by atoms with Gasteiger partial charge in [0.15, 0.2) is 0 Å². The summed E-state index contributed by atoms with van der Waals surface area (Å²) in [5.74, 6) is -0.515. The van der Waals surface area contributed by atoms with Crippen LogP contribution in [0.4, 0.5) is 0 Å². The normalized spacial score (nSPS) is 39.2. The van der Waals surface area contributed by atoms with Crippen LogP contribution in [-0.2, 0) is 19.1 Å². The zero-order valence-electron chi connectivity index (χ0n) is 28.9. The molecule has 1 aromatic heterocycles. The quantitative estimate of drug-likeness (QED) is 0.213. The number of carbonyl (C=O) groups excluding carboxylic acids is 3. The largest absolute Gasteiger partial charge is 0.466 e. The number of amides is 1. The van der Waals surface area contributed by atoms with E-state index in [0.717, 1.165) is 31.3 Å². The highest BCUT2D eigenvalue weighted by atomic mass is 16.5. The number of allylic oxidation sites excluding steroid dienone is 2. The fourth-order valence-electron chi connectivity index (χ4n) is 10.8. The van der Waals surface area contributed by atoms with Gasteiger partial charge in [0, 0.05) is 30.9 Å². The van der Waals surface area contributed by atoms with Crippen LogP contribution < -0.4 is 5.32 Å². The molecule has 10 atom stereocenters. The van der Waals surface area contributed by atoms with Crippen molar-refractivity contribution in [1.29, 1.82) is 0 Å². The lowest BCUT2D eigenvalue weighted by atomic mass is 9.36. The van der Waals surface area contributed by atoms with E-state index < -0.39 is 12.2 Å². The smallest absolute Gasteiger partial charge is 0.333 e. The van der Waals surface area contributed by atoms with Gasteiger partial charge in [0.05, 0.1) is 19.4 Å². The second-order valence-corrected chi connectivity index (χ2v) is 15.4. The van der Waals surface area contributed by atoms with E-state index in [-0.39, 0.29) is 57.9 Å². The molecule has 0 saturated heterocycles. The Morgan fingerprint density at radius 1 is 1.09 bits per heavy atom. The third kappa shape index (κ3) is 5.71. The standard InChI is InChI=1S/C37H53N3O6/c1-21(2)10-9-11-24(34(44)45-8)31-26-18-29(42)32-35(5)14-13-27(40-33(43)28-20-38-16-17-39-28)22(3)25(35)12-15-36(32,6)37(26,7)19-30(31)46-23(4)41/h10,16-17,20,22,25-27,29-30,32,42H,9,11-15,18-19H2,1-8H3,(H,40,43)/b31-24-/t22-,25-,26-,27-,29+,30-,32-,35-,36-,37-/m0/s1. The van der Waals surface area contributed by atoms with Crippen molar-refractivity contribution in [3.05, 3.63) is 47.1 Å². The first-order chi connectivity index (χ1) is 21.7. The number of ether oxygens (including phenoxy) is 2. The Kier molecular flexibility index (Phi) is 9.57. The molecular weight excluding hydrogens is 582 g/mol. The number of aliphatic hydroxyl groups is 1. The van der Waals surface area contributed by atoms with E-state index in [1.807, 2.05) is 13.8 Å². The molecule has 46 heavy (non-hydrogen) atoms. The number of aliphatic hydroxyl groups excluding tert-OH is 1. The first-order valence-electron chi connectivity index (χ1n) is 17.0. The molecule has 9 nitrogen and oxygen atoms in total. The second kappa shape index (κ2) is 12.9. The Morgan fingerprint density at radius 2 is 1.83 bits per heavy atom. The Hall–Kier alpha value is -3.07. The Labute approximate surface area is 274 Å². The van der Waals surface area contributed by atoms with Gasteiger partial charge in [-0.25, -0.2) is 9.78 Å². The molecule has 0 spiro atoms. The Bertz CT molecular complexity index is 1400. The van der Waals surface area contributed by atoms with Crippen LogP contribution in [0.5, 0.6) is 0 Å². The van der Waals surface area contributed by atoms with Crippen LogP contribution in [-0.4, -0.2) is 58.3 Å². The van der Waals surface area contributed by atoms with Gasteiger partial charge in [0.1, 0.15) is 11.8 Å². The number of aromatic nitrogens is 2. The molecule has 4 saturated carbocycles. The van der Waals surface area contributed by atoms with E-state index in [1.54, 1.807) is 6.20 Å². The van der Waals surface area contributed by atoms with Crippen molar-refractivity contribution in [2.45, 2.75) is 118 Å². The summed E-state index contributed by atoms with van der Waals surface area (Å²) >= 11 is 0. The average molecular weight is 636 g/mol. The minimum atomic E-state index is -0.587. The van der Waals surface area contributed by atoms with Gasteiger partial charge in [-0.05, 0) is 111 Å². The predicted molar refractivity (Wildman–Crippen MR) is 174 cm³/mol. The lowest BCUT2D eigenvalue weighted by Crippen LogP contribution is -2.66. The van der Waals surface area contributed by atoms with Crippen LogP contribution in [0.3, 0.4) is 0 Å². The van der Waals surface area contributed by atoms with E-state index in [4.69, 9.17) is 9.47 Å². The van der Waals surface area contributed by atoms with Crippen LogP contribution in [0.2, 0.25) is 0 Å². The second-order valence-electron chi connectivity index (χ2n) is 15.4. The number of nitrogens with zero attached hydrogens (tertiary/aromatic N) is 2. The van der Waals surface area contributed by atoms with Gasteiger partial charge in [-0.2, -0.15) is 0 Å². The summed E-state index contributed by atoms with van der Waals surface area (Å²) in [5.41, 5.74) is 2.20. The molecule has 0 aliphatic heterocycles. The molecule has 1 heterocycles. The van der Waals surface area contributed by atoms with Gasteiger partial charge in [0.2, 0.25) is 0 Å². The van der Waals surface area contributed by atoms with Crippen LogP contribution in [0.15, 0.2) is 41.4 Å². The van der Waals surface area contributed by atoms with Crippen LogP contribution in [0.25, 0.3) is 0 Å². The number of fused-ring (bicyclic) bond motifs is 5. The molecule has 5 rings (SSSR count). The number of esters is 2. The van der Waals surface area contributed by atoms with Crippen molar-refractivity contribution in [3.63, 3.8) is 0 Å². The molecule has 252 valence electrons. The van der Waals surface area contributed by atoms with Crippen molar-refractivity contribution < 1.29 is 29.0 Å². The maximum absolute atomic E-state index is 13.4. The average Bonchev–Trinajstić information content (AvgIpc) is 3.27. The number of hydrogen-bond donors (Lipinski definition) is 2. The van der Waals surface area contributed by atoms with Crippen LogP contribution in [0.1, 0.15) is 110 Å². The van der Waals surface area contributed by atoms with Crippen molar-refractivity contribution in [2.75, 3.05) is 7.11 Å². The topological polar surface area (TPSA) is 128 Å². The van der Waals surface area contributed by atoms with Crippen molar-refractivity contribution in [2.24, 2.45) is 39.9 Å². The van der Waals surface area contributed by atoms with Crippen LogP contribution >= 0.6 is 0 Å². The molecule has 0 unspecified atom stereocenters. The molecule has 4 aliphatic rings. The lowest BCUT2D eigenvalue weighted by molar-refractivity contribution is -0.227. The van der Waals surface area contributed by atoms with Gasteiger partial charge in [-0.1, -0.05) is 39.3 Å². The van der Waals surface area contributed by atoms with Gasteiger partial charge in [-0.3, -0.25) is 14.6 Å². The number of hydrogen-bond acceptors (Lipinski definition) is 8. The highest BCUT2D eigenvalue weighted by molar-refractivity contribution is 5.92. The first-order valence-corrected chi connectivity index (χ1v) is 17.0. The molecule has 1 amide bonds. The number of methoxy groups -OCH3 is 1. The Balaban J connectivity index is 1.49. The Morgan fingerprint density at radius 3 is 2.46 bits per heavy atom. The monoisotopic (exact) mass is 635 g/mol. The summed E-state index contributed by atoms with van der Waals surface area (Å²) in [6.45, 7) is 14.8. The number of nitrogens with one attached hydrogen (secondary N) is 1. The summed E-state index contributed by atoms with van der Waals surface area (Å²) in [6.07, 6.45) is 11.5. The summed E-state index contributed by atoms with van der Waals surface area (Å²) < 4.78 is 11.3. The molecule has 4 fully saturated rings. The molecule has 2 N–H and O–H groups in total. The van der Waals surface area contributed by atoms with E-state index in [0.29, 0.717) is 42.9 Å². The number of rotatable bonds is 7. The van der Waals surface area contributed by atoms with Gasteiger partial charge in [-0.15, -0.1) is 0 Å². The molecule has 0 bridgehead atoms. The fraction of sp³-hybridized carbons (Fsp3) is 0.703. The molecule has 1 aromatic rings. The van der Waals surface area contributed by atoms with E-state index in [2.05, 4.69) is 49.1 Å². The summed E-state index contributed by atoms with van der Waals surface area (Å²) in [7, 11) is 1.40. The van der Waals surface area contributed by atoms with Gasteiger partial charge in [0.25, 0.3) is 5.91 Å². The van der Waals surface area contributed by atoms with Gasteiger partial charge < -0.3 is 19.9 Å². The zero-order valence-corrected chi connectivity index (χ0v) is 28.9. The highest BCUT2D eigenvalue weighted by Crippen LogP contribution is 2.74. The summed E-state index contributed by atoms with van der Waals surface area (Å²) in [5, 5.41) is 15.5. The third-order valence-corrected chi connectivity index (χ3v) is 12.9. The lowest BCUT2D eigenvalue weighted by Gasteiger charge is -2.69. The van der Waals surface area contributed by atoms with Crippen molar-refractivity contribution in [3.8, 4) is 0 Å². The van der Waals surface area contributed by atoms with E-state index >= 15 is 0 Å². The third-order valence-electron chi connectivity index (χ3n) is 12.9. The molecule has 0 aromatic carbocycles. The molecule has 9 heteroatoms. The summed E-state index contributed by atoms with van der Waals surface area (Å²) in [4.78, 5) is 47.1. The predicted octanol–water partition coefficient (Wildman–Crippen LogP) is 5.98. The SMILES string of the molecule is COC(=O)/C(CCC=C(C)C)=C1\[C@@H](OC(C)=O)C[C@@]2(C)[C@H]1C[C@@H](O)[C@H]1[C@@]3(C)CC[C@H](NC(=O)c4cnccn4)[C@@H](C)[C@@H]3CC[C@@]12C. The first kappa shape index (κ1) is 34.3. The maximum atomic E-state index is 13.4. The van der Waals surface area contributed by atoms with E-state index in [9.17, 15) is 19.5 Å². The highest BCUT2D eigenvalue weighted by Gasteiger charge is 2.71. The fourth-order valence-corrected chi connectivity index (χ4v) is 10.8. The maximum Gasteiger partial charge on any atom is 0.333 e. The van der Waals surface area contributed by atoms with Gasteiger partial charge >= 0.3 is 11.9 Å². The van der Waals surface area contributed by atoms with Crippen LogP contribution in [0, 0.1) is 39.9 Å². The minimum Gasteiger partial charge on any atom is -0.466 e. The molecule has 0 radical (unpaired) electrons. The molecular formula is C37H53N3O6. The number of carbonyl (C=O) groups is 3. The summed E-state index contributed by atoms with van der Waals surface area (Å²) in [6, 6.07) is 0.0128. The van der Waals surface area contributed by atoms with Crippen molar-refractivity contribution in [1.82, 2.24) is 15.3 Å². The van der Waals surface area contributed by atoms with Crippen molar-refractivity contribution >= 4 is 17.8 Å². The van der Waals surface area contributed by atoms with E-state index in [1.165, 1.54) is 32.0 Å². The minimum absolute atomic E-state index is 0.0128. The molecule has 4 aliphatic carbocycles.